The van der Waals surface area contributed by atoms with Gasteiger partial charge in [0.05, 0.1) is 18.1 Å². The minimum Gasteiger partial charge on any atom is -0.493 e. The Balaban J connectivity index is 1.91. The molecular formula is C18H19NO7S. The lowest BCUT2D eigenvalue weighted by atomic mass is 10.1. The zero-order chi connectivity index (χ0) is 19.6. The Morgan fingerprint density at radius 2 is 1.96 bits per heavy atom. The molecule has 2 amide bonds. The highest BCUT2D eigenvalue weighted by atomic mass is 32.2. The van der Waals surface area contributed by atoms with Gasteiger partial charge in [-0.3, -0.25) is 14.5 Å². The summed E-state index contributed by atoms with van der Waals surface area (Å²) in [5.41, 5.74) is 0.579. The number of nitrogens with zero attached hydrogens (tertiary/aromatic N) is 1. The molecule has 2 aliphatic rings. The average Bonchev–Trinajstić information content (AvgIpc) is 3.19. The molecule has 2 heterocycles. The molecule has 0 radical (unpaired) electrons. The van der Waals surface area contributed by atoms with Gasteiger partial charge in [0.1, 0.15) is 11.8 Å². The van der Waals surface area contributed by atoms with Gasteiger partial charge in [-0.1, -0.05) is 0 Å². The van der Waals surface area contributed by atoms with E-state index >= 15 is 0 Å². The van der Waals surface area contributed by atoms with Gasteiger partial charge in [-0.15, -0.1) is 0 Å². The maximum Gasteiger partial charge on any atom is 0.329 e. The van der Waals surface area contributed by atoms with Crippen molar-refractivity contribution in [3.63, 3.8) is 0 Å². The third-order valence-corrected chi connectivity index (χ3v) is 4.81. The van der Waals surface area contributed by atoms with Crippen molar-refractivity contribution in [1.82, 2.24) is 4.90 Å². The average molecular weight is 393 g/mol. The molecule has 1 unspecified atom stereocenters. The molecule has 1 atom stereocenters. The van der Waals surface area contributed by atoms with Crippen molar-refractivity contribution in [3.05, 3.63) is 22.6 Å². The summed E-state index contributed by atoms with van der Waals surface area (Å²) in [7, 11) is 0. The van der Waals surface area contributed by atoms with E-state index in [1.165, 1.54) is 6.92 Å². The van der Waals surface area contributed by atoms with E-state index in [2.05, 4.69) is 0 Å². The van der Waals surface area contributed by atoms with E-state index in [4.69, 9.17) is 18.9 Å². The zero-order valence-corrected chi connectivity index (χ0v) is 16.0. The lowest BCUT2D eigenvalue weighted by Gasteiger charge is -2.19. The standard InChI is InChI=1S/C18H19NO7S/c1-4-23-12-8-14-13(25-9-26-14)6-11(12)7-15-16(20)19(18(22)27-15)10(3)17(21)24-5-2/h6-8,10H,4-5,9H2,1-3H3. The van der Waals surface area contributed by atoms with Crippen LogP contribution < -0.4 is 14.2 Å². The summed E-state index contributed by atoms with van der Waals surface area (Å²) in [6.07, 6.45) is 1.55. The number of amides is 2. The van der Waals surface area contributed by atoms with Gasteiger partial charge in [-0.25, -0.2) is 4.79 Å². The van der Waals surface area contributed by atoms with Crippen molar-refractivity contribution in [2.24, 2.45) is 0 Å². The van der Waals surface area contributed by atoms with Gasteiger partial charge in [-0.05, 0) is 44.7 Å². The van der Waals surface area contributed by atoms with Crippen molar-refractivity contribution in [2.45, 2.75) is 26.8 Å². The van der Waals surface area contributed by atoms with Crippen LogP contribution in [-0.2, 0) is 14.3 Å². The fraction of sp³-hybridized carbons (Fsp3) is 0.389. The molecule has 27 heavy (non-hydrogen) atoms. The van der Waals surface area contributed by atoms with E-state index in [1.807, 2.05) is 6.92 Å². The SMILES string of the molecule is CCOC(=O)C(C)N1C(=O)SC(=Cc2cc3c(cc2OCC)OCO3)C1=O. The van der Waals surface area contributed by atoms with Crippen LogP contribution in [0.5, 0.6) is 17.2 Å². The molecule has 0 bridgehead atoms. The largest absolute Gasteiger partial charge is 0.493 e. The fourth-order valence-electron chi connectivity index (χ4n) is 2.66. The summed E-state index contributed by atoms with van der Waals surface area (Å²) >= 11 is 0.764. The van der Waals surface area contributed by atoms with Gasteiger partial charge in [0.15, 0.2) is 11.5 Å². The first-order valence-electron chi connectivity index (χ1n) is 8.46. The molecule has 9 heteroatoms. The van der Waals surface area contributed by atoms with E-state index in [0.717, 1.165) is 16.7 Å². The summed E-state index contributed by atoms with van der Waals surface area (Å²) in [5.74, 6) is 0.417. The number of hydrogen-bond acceptors (Lipinski definition) is 8. The minimum absolute atomic E-state index is 0.109. The predicted molar refractivity (Wildman–Crippen MR) is 97.6 cm³/mol. The van der Waals surface area contributed by atoms with E-state index in [1.54, 1.807) is 25.1 Å². The second kappa shape index (κ2) is 7.91. The summed E-state index contributed by atoms with van der Waals surface area (Å²) < 4.78 is 21.2. The molecular weight excluding hydrogens is 374 g/mol. The Kier molecular flexibility index (Phi) is 5.59. The highest BCUT2D eigenvalue weighted by Gasteiger charge is 2.41. The summed E-state index contributed by atoms with van der Waals surface area (Å²) in [5, 5.41) is -0.523. The molecule has 1 fully saturated rings. The Morgan fingerprint density at radius 1 is 1.26 bits per heavy atom. The number of carbonyl (C=O) groups is 3. The molecule has 144 valence electrons. The molecule has 1 saturated heterocycles. The first-order valence-corrected chi connectivity index (χ1v) is 9.28. The Hall–Kier alpha value is -2.68. The number of esters is 1. The van der Waals surface area contributed by atoms with Crippen molar-refractivity contribution < 1.29 is 33.3 Å². The van der Waals surface area contributed by atoms with Crippen LogP contribution in [0.4, 0.5) is 4.79 Å². The first-order chi connectivity index (χ1) is 13.0. The molecule has 3 rings (SSSR count). The number of ether oxygens (including phenoxy) is 4. The van der Waals surface area contributed by atoms with Crippen molar-refractivity contribution >= 4 is 35.0 Å². The second-order valence-corrected chi connectivity index (χ2v) is 6.65. The number of fused-ring (bicyclic) bond motifs is 1. The number of hydrogen-bond donors (Lipinski definition) is 0. The zero-order valence-electron chi connectivity index (χ0n) is 15.1. The van der Waals surface area contributed by atoms with Gasteiger partial charge in [0.2, 0.25) is 6.79 Å². The smallest absolute Gasteiger partial charge is 0.329 e. The maximum atomic E-state index is 12.7. The van der Waals surface area contributed by atoms with Crippen molar-refractivity contribution in [1.29, 1.82) is 0 Å². The van der Waals surface area contributed by atoms with Gasteiger partial charge < -0.3 is 18.9 Å². The number of carbonyl (C=O) groups excluding carboxylic acids is 3. The quantitative estimate of drug-likeness (QED) is 0.538. The lowest BCUT2D eigenvalue weighted by Crippen LogP contribution is -2.42. The van der Waals surface area contributed by atoms with Crippen molar-refractivity contribution in [2.75, 3.05) is 20.0 Å². The van der Waals surface area contributed by atoms with Gasteiger partial charge in [0.25, 0.3) is 11.1 Å². The fourth-order valence-corrected chi connectivity index (χ4v) is 3.55. The molecule has 2 aliphatic heterocycles. The third kappa shape index (κ3) is 3.73. The van der Waals surface area contributed by atoms with Gasteiger partial charge in [-0.2, -0.15) is 0 Å². The molecule has 0 saturated carbocycles. The number of imide groups is 1. The third-order valence-electron chi connectivity index (χ3n) is 3.93. The second-order valence-electron chi connectivity index (χ2n) is 5.66. The van der Waals surface area contributed by atoms with E-state index < -0.39 is 23.2 Å². The van der Waals surface area contributed by atoms with E-state index in [-0.39, 0.29) is 18.3 Å². The van der Waals surface area contributed by atoms with Gasteiger partial charge >= 0.3 is 5.97 Å². The maximum absolute atomic E-state index is 12.7. The highest BCUT2D eigenvalue weighted by molar-refractivity contribution is 8.18. The normalized spacial score (nSPS) is 18.2. The minimum atomic E-state index is -0.994. The molecule has 1 aromatic carbocycles. The van der Waals surface area contributed by atoms with Crippen LogP contribution in [0.15, 0.2) is 17.0 Å². The van der Waals surface area contributed by atoms with Crippen LogP contribution in [0.3, 0.4) is 0 Å². The number of thioether (sulfide) groups is 1. The monoisotopic (exact) mass is 393 g/mol. The Labute approximate surface area is 160 Å². The van der Waals surface area contributed by atoms with Gasteiger partial charge in [0, 0.05) is 11.6 Å². The van der Waals surface area contributed by atoms with E-state index in [9.17, 15) is 14.4 Å². The van der Waals surface area contributed by atoms with Crippen molar-refractivity contribution in [3.8, 4) is 17.2 Å². The molecule has 0 aromatic heterocycles. The Morgan fingerprint density at radius 3 is 2.63 bits per heavy atom. The summed E-state index contributed by atoms with van der Waals surface area (Å²) in [6, 6.07) is 2.38. The summed E-state index contributed by atoms with van der Waals surface area (Å²) in [4.78, 5) is 38.0. The topological polar surface area (TPSA) is 91.4 Å². The first kappa shape index (κ1) is 19.1. The number of benzene rings is 1. The van der Waals surface area contributed by atoms with Crippen LogP contribution in [0.2, 0.25) is 0 Å². The Bertz CT molecular complexity index is 820. The van der Waals surface area contributed by atoms with Crippen LogP contribution in [0.25, 0.3) is 6.08 Å². The molecule has 0 spiro atoms. The van der Waals surface area contributed by atoms with Crippen LogP contribution in [0, 0.1) is 0 Å². The molecule has 1 aromatic rings. The lowest BCUT2D eigenvalue weighted by molar-refractivity contribution is -0.150. The van der Waals surface area contributed by atoms with Crippen LogP contribution >= 0.6 is 11.8 Å². The van der Waals surface area contributed by atoms with E-state index in [0.29, 0.717) is 29.4 Å². The van der Waals surface area contributed by atoms with Crippen LogP contribution in [-0.4, -0.2) is 48.1 Å². The predicted octanol–water partition coefficient (Wildman–Crippen LogP) is 2.80. The highest BCUT2D eigenvalue weighted by Crippen LogP contribution is 2.41. The summed E-state index contributed by atoms with van der Waals surface area (Å²) in [6.45, 7) is 5.66. The van der Waals surface area contributed by atoms with Crippen LogP contribution in [0.1, 0.15) is 26.3 Å². The molecule has 0 aliphatic carbocycles. The number of rotatable bonds is 6. The molecule has 0 N–H and O–H groups in total. The molecule has 8 nitrogen and oxygen atoms in total.